The molecule has 0 saturated heterocycles. The van der Waals surface area contributed by atoms with Gasteiger partial charge in [-0.05, 0) is 24.6 Å². The molecule has 0 aliphatic heterocycles. The second kappa shape index (κ2) is 7.77. The Hall–Kier alpha value is -2.48. The van der Waals surface area contributed by atoms with E-state index >= 15 is 0 Å². The molecule has 0 aliphatic carbocycles. The summed E-state index contributed by atoms with van der Waals surface area (Å²) in [6.07, 6.45) is 1.69. The molecule has 0 aromatic heterocycles. The highest BCUT2D eigenvalue weighted by Crippen LogP contribution is 2.27. The Kier molecular flexibility index (Phi) is 6.63. The highest BCUT2D eigenvalue weighted by molar-refractivity contribution is 5.83. The zero-order valence-corrected chi connectivity index (χ0v) is 10.0. The van der Waals surface area contributed by atoms with Crippen molar-refractivity contribution in [1.82, 2.24) is 5.32 Å². The van der Waals surface area contributed by atoms with Gasteiger partial charge in [0.2, 0.25) is 5.96 Å². The Morgan fingerprint density at radius 2 is 2.18 bits per heavy atom. The number of methoxy groups -OCH3 is 1. The van der Waals surface area contributed by atoms with E-state index in [0.29, 0.717) is 11.4 Å². The van der Waals surface area contributed by atoms with Crippen LogP contribution in [0.3, 0.4) is 0 Å². The number of ether oxygens (including phenoxy) is 1. The van der Waals surface area contributed by atoms with Gasteiger partial charge in [-0.1, -0.05) is 6.07 Å². The molecule has 3 N–H and O–H groups in total. The number of guanidine groups is 1. The van der Waals surface area contributed by atoms with Crippen molar-refractivity contribution in [1.29, 1.82) is 5.26 Å². The third-order valence-corrected chi connectivity index (χ3v) is 1.76. The summed E-state index contributed by atoms with van der Waals surface area (Å²) in [4.78, 5) is 4.02. The molecule has 0 atom stereocenters. The van der Waals surface area contributed by atoms with E-state index in [-0.39, 0.29) is 5.96 Å². The minimum atomic E-state index is 0.0430. The maximum absolute atomic E-state index is 8.34. The van der Waals surface area contributed by atoms with E-state index in [4.69, 9.17) is 15.7 Å². The quantitative estimate of drug-likeness (QED) is 0.268. The summed E-state index contributed by atoms with van der Waals surface area (Å²) in [6.45, 7) is 7.94. The molecule has 90 valence electrons. The first-order valence-corrected chi connectivity index (χ1v) is 4.81. The zero-order valence-electron chi connectivity index (χ0n) is 10.0. The van der Waals surface area contributed by atoms with Gasteiger partial charge >= 0.3 is 0 Å². The Balaban J connectivity index is 0.00000121. The van der Waals surface area contributed by atoms with Crippen molar-refractivity contribution in [2.24, 2.45) is 10.7 Å². The number of hydrogen-bond donors (Lipinski definition) is 2. The highest BCUT2D eigenvalue weighted by atomic mass is 16.5. The molecule has 0 fully saturated rings. The van der Waals surface area contributed by atoms with Crippen molar-refractivity contribution in [2.75, 3.05) is 7.11 Å². The first-order valence-electron chi connectivity index (χ1n) is 4.81. The van der Waals surface area contributed by atoms with E-state index in [0.717, 1.165) is 5.56 Å². The first-order chi connectivity index (χ1) is 8.17. The molecule has 1 aromatic rings. The standard InChI is InChI=1S/C10H12N4O.C2H4/c1-7-3-4-9(15-2)8(5-7)14-10(12)13-6-11;1-2/h3-5H,1-2H3,(H3,12,13,14);1-2H2. The van der Waals surface area contributed by atoms with Crippen LogP contribution in [0, 0.1) is 18.4 Å². The minimum Gasteiger partial charge on any atom is -0.494 e. The number of nitrogens with two attached hydrogens (primary N) is 1. The van der Waals surface area contributed by atoms with Gasteiger partial charge in [0.05, 0.1) is 7.11 Å². The summed E-state index contributed by atoms with van der Waals surface area (Å²) >= 11 is 0. The van der Waals surface area contributed by atoms with Gasteiger partial charge in [0, 0.05) is 0 Å². The number of nitrogens with zero attached hydrogens (tertiary/aromatic N) is 2. The van der Waals surface area contributed by atoms with Crippen LogP contribution in [0.1, 0.15) is 5.56 Å². The second-order valence-electron chi connectivity index (χ2n) is 2.91. The van der Waals surface area contributed by atoms with Crippen molar-refractivity contribution < 1.29 is 4.74 Å². The van der Waals surface area contributed by atoms with Crippen LogP contribution in [0.2, 0.25) is 0 Å². The van der Waals surface area contributed by atoms with Crippen molar-refractivity contribution >= 4 is 11.6 Å². The Morgan fingerprint density at radius 3 is 2.71 bits per heavy atom. The van der Waals surface area contributed by atoms with Gasteiger partial charge in [-0.15, -0.1) is 13.2 Å². The van der Waals surface area contributed by atoms with E-state index in [9.17, 15) is 0 Å². The summed E-state index contributed by atoms with van der Waals surface area (Å²) in [5.74, 6) is 0.657. The van der Waals surface area contributed by atoms with E-state index in [2.05, 4.69) is 23.5 Å². The van der Waals surface area contributed by atoms with Gasteiger partial charge < -0.3 is 10.5 Å². The molecule has 0 amide bonds. The zero-order chi connectivity index (χ0) is 13.3. The molecule has 0 aliphatic rings. The lowest BCUT2D eigenvalue weighted by atomic mass is 10.2. The molecule has 1 aromatic carbocycles. The topological polar surface area (TPSA) is 83.4 Å². The molecule has 0 unspecified atom stereocenters. The molecule has 1 rings (SSSR count). The predicted molar refractivity (Wildman–Crippen MR) is 69.0 cm³/mol. The first kappa shape index (κ1) is 14.5. The van der Waals surface area contributed by atoms with Gasteiger partial charge in [-0.2, -0.15) is 5.26 Å². The fraction of sp³-hybridized carbons (Fsp3) is 0.167. The van der Waals surface area contributed by atoms with E-state index in [1.807, 2.05) is 19.1 Å². The second-order valence-corrected chi connectivity index (χ2v) is 2.91. The maximum Gasteiger partial charge on any atom is 0.207 e. The van der Waals surface area contributed by atoms with E-state index in [1.54, 1.807) is 19.4 Å². The number of nitrogens with one attached hydrogen (secondary N) is 1. The summed E-state index contributed by atoms with van der Waals surface area (Å²) in [5, 5.41) is 10.6. The average Bonchev–Trinajstić information content (AvgIpc) is 2.32. The van der Waals surface area contributed by atoms with E-state index < -0.39 is 0 Å². The van der Waals surface area contributed by atoms with Crippen LogP contribution in [-0.4, -0.2) is 13.1 Å². The van der Waals surface area contributed by atoms with Crippen LogP contribution in [-0.2, 0) is 0 Å². The minimum absolute atomic E-state index is 0.0430. The molecule has 0 bridgehead atoms. The van der Waals surface area contributed by atoms with Crippen LogP contribution < -0.4 is 15.8 Å². The third kappa shape index (κ3) is 4.71. The number of nitriles is 1. The van der Waals surface area contributed by atoms with Crippen LogP contribution in [0.15, 0.2) is 36.3 Å². The SMILES string of the molecule is C=C.COc1ccc(C)cc1N=C(N)NC#N. The fourth-order valence-electron chi connectivity index (χ4n) is 1.10. The lowest BCUT2D eigenvalue weighted by molar-refractivity contribution is 0.416. The maximum atomic E-state index is 8.34. The van der Waals surface area contributed by atoms with Gasteiger partial charge in [0.1, 0.15) is 11.4 Å². The number of rotatable bonds is 2. The number of aliphatic imine (C=N–C) groups is 1. The Labute approximate surface area is 101 Å². The molecule has 0 spiro atoms. The highest BCUT2D eigenvalue weighted by Gasteiger charge is 2.02. The average molecular weight is 232 g/mol. The molecular formula is C12H16N4O. The number of aryl methyl sites for hydroxylation is 1. The van der Waals surface area contributed by atoms with Gasteiger partial charge in [0.25, 0.3) is 0 Å². The number of benzene rings is 1. The Morgan fingerprint density at radius 1 is 1.53 bits per heavy atom. The third-order valence-electron chi connectivity index (χ3n) is 1.76. The molecular weight excluding hydrogens is 216 g/mol. The molecule has 0 heterocycles. The lowest BCUT2D eigenvalue weighted by Gasteiger charge is -2.05. The van der Waals surface area contributed by atoms with Crippen LogP contribution in [0.4, 0.5) is 5.69 Å². The van der Waals surface area contributed by atoms with Crippen molar-refractivity contribution in [3.05, 3.63) is 36.9 Å². The molecule has 17 heavy (non-hydrogen) atoms. The van der Waals surface area contributed by atoms with Gasteiger partial charge in [-0.3, -0.25) is 5.32 Å². The predicted octanol–water partition coefficient (Wildman–Crippen LogP) is 1.82. The summed E-state index contributed by atoms with van der Waals surface area (Å²) < 4.78 is 5.11. The molecule has 5 heteroatoms. The monoisotopic (exact) mass is 232 g/mol. The lowest BCUT2D eigenvalue weighted by Crippen LogP contribution is -2.26. The summed E-state index contributed by atoms with van der Waals surface area (Å²) in [7, 11) is 1.55. The van der Waals surface area contributed by atoms with Gasteiger partial charge in [-0.25, -0.2) is 4.99 Å². The van der Waals surface area contributed by atoms with E-state index in [1.165, 1.54) is 0 Å². The van der Waals surface area contributed by atoms with Crippen LogP contribution in [0.5, 0.6) is 5.75 Å². The molecule has 5 nitrogen and oxygen atoms in total. The van der Waals surface area contributed by atoms with Crippen LogP contribution in [0.25, 0.3) is 0 Å². The van der Waals surface area contributed by atoms with Crippen LogP contribution >= 0.6 is 0 Å². The van der Waals surface area contributed by atoms with Crippen molar-refractivity contribution in [2.45, 2.75) is 6.92 Å². The normalized spacial score (nSPS) is 9.59. The fourth-order valence-corrected chi connectivity index (χ4v) is 1.10. The van der Waals surface area contributed by atoms with Crippen molar-refractivity contribution in [3.63, 3.8) is 0 Å². The van der Waals surface area contributed by atoms with Crippen molar-refractivity contribution in [3.8, 4) is 11.9 Å². The Bertz CT molecular complexity index is 435. The molecule has 0 radical (unpaired) electrons. The van der Waals surface area contributed by atoms with Gasteiger partial charge in [0.15, 0.2) is 6.19 Å². The molecule has 0 saturated carbocycles. The largest absolute Gasteiger partial charge is 0.494 e. The number of hydrogen-bond acceptors (Lipinski definition) is 3. The summed E-state index contributed by atoms with van der Waals surface area (Å²) in [5.41, 5.74) is 7.09. The summed E-state index contributed by atoms with van der Waals surface area (Å²) in [6, 6.07) is 5.53. The smallest absolute Gasteiger partial charge is 0.207 e.